The zero-order chi connectivity index (χ0) is 15.9. The minimum absolute atomic E-state index is 0.0725. The van der Waals surface area contributed by atoms with Crippen molar-refractivity contribution in [3.05, 3.63) is 29.8 Å². The smallest absolute Gasteiger partial charge is 0.335 e. The summed E-state index contributed by atoms with van der Waals surface area (Å²) in [6.07, 6.45) is 4.13. The summed E-state index contributed by atoms with van der Waals surface area (Å²) in [4.78, 5) is 10.8. The number of carboxylic acids is 1. The highest BCUT2D eigenvalue weighted by Crippen LogP contribution is 2.14. The van der Waals surface area contributed by atoms with E-state index < -0.39 is 16.0 Å². The number of hydrogen-bond acceptors (Lipinski definition) is 3. The summed E-state index contributed by atoms with van der Waals surface area (Å²) in [5.74, 6) is -0.740. The summed E-state index contributed by atoms with van der Waals surface area (Å²) in [7, 11) is -3.58. The fourth-order valence-electron chi connectivity index (χ4n) is 2.03. The quantitative estimate of drug-likeness (QED) is 0.734. The largest absolute Gasteiger partial charge is 0.478 e. The highest BCUT2D eigenvalue weighted by atomic mass is 32.2. The second-order valence-corrected chi connectivity index (χ2v) is 6.86. The predicted molar refractivity (Wildman–Crippen MR) is 81.9 cm³/mol. The van der Waals surface area contributed by atoms with E-state index >= 15 is 0 Å². The van der Waals surface area contributed by atoms with Crippen LogP contribution in [-0.2, 0) is 10.0 Å². The average molecular weight is 313 g/mol. The fourth-order valence-corrected chi connectivity index (χ4v) is 3.15. The molecule has 0 amide bonds. The Bertz CT molecular complexity index is 552. The van der Waals surface area contributed by atoms with Crippen molar-refractivity contribution in [2.75, 3.05) is 6.54 Å². The molecule has 1 unspecified atom stereocenters. The molecule has 0 radical (unpaired) electrons. The van der Waals surface area contributed by atoms with Gasteiger partial charge in [-0.3, -0.25) is 0 Å². The Hall–Kier alpha value is -1.40. The molecule has 0 fully saturated rings. The maximum absolute atomic E-state index is 12.1. The van der Waals surface area contributed by atoms with Crippen LogP contribution in [0.4, 0.5) is 0 Å². The van der Waals surface area contributed by atoms with Crippen LogP contribution < -0.4 is 4.72 Å². The lowest BCUT2D eigenvalue weighted by Crippen LogP contribution is -2.29. The van der Waals surface area contributed by atoms with Gasteiger partial charge in [-0.1, -0.05) is 33.1 Å². The van der Waals surface area contributed by atoms with E-state index in [0.717, 1.165) is 25.7 Å². The molecule has 0 aliphatic carbocycles. The highest BCUT2D eigenvalue weighted by molar-refractivity contribution is 7.89. The van der Waals surface area contributed by atoms with Gasteiger partial charge < -0.3 is 5.11 Å². The molecule has 1 aromatic carbocycles. The molecule has 0 aliphatic heterocycles. The Labute approximate surface area is 126 Å². The number of benzene rings is 1. The van der Waals surface area contributed by atoms with Crippen molar-refractivity contribution in [1.82, 2.24) is 4.72 Å². The third-order valence-corrected chi connectivity index (χ3v) is 4.96. The monoisotopic (exact) mass is 313 g/mol. The molecule has 6 heteroatoms. The van der Waals surface area contributed by atoms with Crippen LogP contribution in [0.3, 0.4) is 0 Å². The van der Waals surface area contributed by atoms with E-state index in [1.807, 2.05) is 0 Å². The molecule has 21 heavy (non-hydrogen) atoms. The van der Waals surface area contributed by atoms with Gasteiger partial charge in [-0.15, -0.1) is 0 Å². The lowest BCUT2D eigenvalue weighted by atomic mass is 10.00. The molecule has 0 bridgehead atoms. The standard InChI is InChI=1S/C15H23NO4S/c1-3-5-6-12(4-2)11-16-21(19,20)14-9-7-13(8-10-14)15(17)18/h7-10,12,16H,3-6,11H2,1-2H3,(H,17,18). The summed E-state index contributed by atoms with van der Waals surface area (Å²) in [5.41, 5.74) is 0.0725. The molecule has 1 atom stereocenters. The van der Waals surface area contributed by atoms with Crippen LogP contribution in [-0.4, -0.2) is 26.0 Å². The maximum Gasteiger partial charge on any atom is 0.335 e. The van der Waals surface area contributed by atoms with Crippen LogP contribution in [0.25, 0.3) is 0 Å². The molecule has 0 heterocycles. The molecule has 0 spiro atoms. The Balaban J connectivity index is 2.70. The van der Waals surface area contributed by atoms with Crippen molar-refractivity contribution in [2.24, 2.45) is 5.92 Å². The Kier molecular flexibility index (Phi) is 6.84. The first kappa shape index (κ1) is 17.7. The molecule has 118 valence electrons. The van der Waals surface area contributed by atoms with Crippen molar-refractivity contribution < 1.29 is 18.3 Å². The molecule has 2 N–H and O–H groups in total. The number of unbranched alkanes of at least 4 members (excludes halogenated alkanes) is 1. The van der Waals surface area contributed by atoms with Crippen LogP contribution in [0.1, 0.15) is 49.9 Å². The molecule has 0 aromatic heterocycles. The van der Waals surface area contributed by atoms with Gasteiger partial charge in [-0.05, 0) is 36.6 Å². The zero-order valence-corrected chi connectivity index (χ0v) is 13.3. The summed E-state index contributed by atoms with van der Waals surface area (Å²) >= 11 is 0. The van der Waals surface area contributed by atoms with E-state index in [2.05, 4.69) is 18.6 Å². The van der Waals surface area contributed by atoms with Gasteiger partial charge in [-0.25, -0.2) is 17.9 Å². The van der Waals surface area contributed by atoms with E-state index in [-0.39, 0.29) is 10.5 Å². The van der Waals surface area contributed by atoms with E-state index in [0.29, 0.717) is 12.5 Å². The van der Waals surface area contributed by atoms with E-state index in [4.69, 9.17) is 5.11 Å². The van der Waals surface area contributed by atoms with Crippen molar-refractivity contribution in [3.63, 3.8) is 0 Å². The summed E-state index contributed by atoms with van der Waals surface area (Å²) in [5, 5.41) is 8.80. The molecule has 0 aliphatic rings. The fraction of sp³-hybridized carbons (Fsp3) is 0.533. The lowest BCUT2D eigenvalue weighted by Gasteiger charge is -2.15. The summed E-state index contributed by atoms with van der Waals surface area (Å²) in [6.45, 7) is 4.58. The van der Waals surface area contributed by atoms with E-state index in [1.165, 1.54) is 24.3 Å². The van der Waals surface area contributed by atoms with Crippen molar-refractivity contribution >= 4 is 16.0 Å². The van der Waals surface area contributed by atoms with Gasteiger partial charge in [0.05, 0.1) is 10.5 Å². The first-order valence-corrected chi connectivity index (χ1v) is 8.72. The van der Waals surface area contributed by atoms with Gasteiger partial charge >= 0.3 is 5.97 Å². The Morgan fingerprint density at radius 2 is 1.86 bits per heavy atom. The van der Waals surface area contributed by atoms with Crippen LogP contribution in [0, 0.1) is 5.92 Å². The third-order valence-electron chi connectivity index (χ3n) is 3.52. The van der Waals surface area contributed by atoms with Crippen LogP contribution in [0.2, 0.25) is 0 Å². The highest BCUT2D eigenvalue weighted by Gasteiger charge is 2.16. The number of carboxylic acid groups (broad SMARTS) is 1. The summed E-state index contributed by atoms with van der Waals surface area (Å²) in [6, 6.07) is 5.23. The number of aromatic carboxylic acids is 1. The van der Waals surface area contributed by atoms with E-state index in [1.54, 1.807) is 0 Å². The Morgan fingerprint density at radius 3 is 2.33 bits per heavy atom. The van der Waals surface area contributed by atoms with Crippen molar-refractivity contribution in [2.45, 2.75) is 44.4 Å². The van der Waals surface area contributed by atoms with Crippen LogP contribution in [0.15, 0.2) is 29.2 Å². The number of carbonyl (C=O) groups is 1. The number of nitrogens with one attached hydrogen (secondary N) is 1. The minimum Gasteiger partial charge on any atom is -0.478 e. The van der Waals surface area contributed by atoms with E-state index in [9.17, 15) is 13.2 Å². The second kappa shape index (κ2) is 8.14. The number of rotatable bonds is 9. The zero-order valence-electron chi connectivity index (χ0n) is 12.5. The van der Waals surface area contributed by atoms with Gasteiger partial charge in [0.1, 0.15) is 0 Å². The van der Waals surface area contributed by atoms with Gasteiger partial charge in [0.2, 0.25) is 10.0 Å². The first-order chi connectivity index (χ1) is 9.90. The van der Waals surface area contributed by atoms with Gasteiger partial charge in [0, 0.05) is 6.54 Å². The van der Waals surface area contributed by atoms with Gasteiger partial charge in [0.25, 0.3) is 0 Å². The molecule has 5 nitrogen and oxygen atoms in total. The minimum atomic E-state index is -3.58. The normalized spacial score (nSPS) is 13.0. The average Bonchev–Trinajstić information content (AvgIpc) is 2.47. The summed E-state index contributed by atoms with van der Waals surface area (Å²) < 4.78 is 26.9. The van der Waals surface area contributed by atoms with Crippen LogP contribution in [0.5, 0.6) is 0 Å². The molecule has 1 rings (SSSR count). The first-order valence-electron chi connectivity index (χ1n) is 7.23. The Morgan fingerprint density at radius 1 is 1.24 bits per heavy atom. The van der Waals surface area contributed by atoms with Gasteiger partial charge in [0.15, 0.2) is 0 Å². The third kappa shape index (κ3) is 5.47. The van der Waals surface area contributed by atoms with Gasteiger partial charge in [-0.2, -0.15) is 0 Å². The molecule has 0 saturated heterocycles. The van der Waals surface area contributed by atoms with Crippen molar-refractivity contribution in [1.29, 1.82) is 0 Å². The molecular formula is C15H23NO4S. The maximum atomic E-state index is 12.1. The second-order valence-electron chi connectivity index (χ2n) is 5.10. The van der Waals surface area contributed by atoms with Crippen LogP contribution >= 0.6 is 0 Å². The predicted octanol–water partition coefficient (Wildman–Crippen LogP) is 2.88. The number of sulfonamides is 1. The number of hydrogen-bond donors (Lipinski definition) is 2. The topological polar surface area (TPSA) is 83.5 Å². The molecular weight excluding hydrogens is 290 g/mol. The van der Waals surface area contributed by atoms with Crippen molar-refractivity contribution in [3.8, 4) is 0 Å². The molecule has 1 aromatic rings. The lowest BCUT2D eigenvalue weighted by molar-refractivity contribution is 0.0696. The SMILES string of the molecule is CCCCC(CC)CNS(=O)(=O)c1ccc(C(=O)O)cc1. The molecule has 0 saturated carbocycles.